The van der Waals surface area contributed by atoms with E-state index in [0.717, 1.165) is 44.8 Å². The average molecular weight is 406 g/mol. The number of aromatic nitrogens is 2. The maximum atomic E-state index is 12.4. The van der Waals surface area contributed by atoms with E-state index in [4.69, 9.17) is 4.52 Å². The Bertz CT molecular complexity index is 1160. The van der Waals surface area contributed by atoms with Crippen molar-refractivity contribution in [2.45, 2.75) is 33.6 Å². The van der Waals surface area contributed by atoms with E-state index in [0.29, 0.717) is 12.2 Å². The Morgan fingerprint density at radius 1 is 1.14 bits per heavy atom. The van der Waals surface area contributed by atoms with Gasteiger partial charge in [-0.15, -0.1) is 11.3 Å². The SMILES string of the molecule is Cc1cc(C)c2onc(CC(=O)NCCc3ccc(-c4csc(C)n4)cc3)c2c1. The lowest BCUT2D eigenvalue weighted by molar-refractivity contribution is -0.120. The third-order valence-corrected chi connectivity index (χ3v) is 5.68. The second kappa shape index (κ2) is 8.17. The molecule has 4 rings (SSSR count). The van der Waals surface area contributed by atoms with Crippen LogP contribution in [-0.4, -0.2) is 22.6 Å². The summed E-state index contributed by atoms with van der Waals surface area (Å²) in [6, 6.07) is 12.4. The zero-order valence-corrected chi connectivity index (χ0v) is 17.6. The molecule has 0 saturated heterocycles. The number of amides is 1. The van der Waals surface area contributed by atoms with E-state index < -0.39 is 0 Å². The predicted molar refractivity (Wildman–Crippen MR) is 116 cm³/mol. The molecule has 0 fully saturated rings. The number of aryl methyl sites for hydroxylation is 3. The minimum atomic E-state index is -0.0473. The molecule has 0 spiro atoms. The second-order valence-corrected chi connectivity index (χ2v) is 8.38. The molecule has 148 valence electrons. The van der Waals surface area contributed by atoms with Gasteiger partial charge in [-0.1, -0.05) is 35.5 Å². The first-order valence-corrected chi connectivity index (χ1v) is 10.5. The van der Waals surface area contributed by atoms with Crippen molar-refractivity contribution in [3.63, 3.8) is 0 Å². The van der Waals surface area contributed by atoms with Gasteiger partial charge < -0.3 is 9.84 Å². The Morgan fingerprint density at radius 3 is 2.66 bits per heavy atom. The zero-order chi connectivity index (χ0) is 20.4. The zero-order valence-electron chi connectivity index (χ0n) is 16.8. The highest BCUT2D eigenvalue weighted by molar-refractivity contribution is 7.09. The number of carbonyl (C=O) groups is 1. The fourth-order valence-electron chi connectivity index (χ4n) is 3.47. The van der Waals surface area contributed by atoms with Crippen LogP contribution in [-0.2, 0) is 17.6 Å². The van der Waals surface area contributed by atoms with Gasteiger partial charge in [-0.3, -0.25) is 4.79 Å². The number of thiazole rings is 1. The largest absolute Gasteiger partial charge is 0.356 e. The third kappa shape index (κ3) is 4.38. The molecule has 0 radical (unpaired) electrons. The second-order valence-electron chi connectivity index (χ2n) is 7.31. The predicted octanol–water partition coefficient (Wildman–Crippen LogP) is 4.78. The summed E-state index contributed by atoms with van der Waals surface area (Å²) in [7, 11) is 0. The minimum absolute atomic E-state index is 0.0473. The summed E-state index contributed by atoms with van der Waals surface area (Å²) < 4.78 is 5.42. The molecule has 1 amide bonds. The third-order valence-electron chi connectivity index (χ3n) is 4.91. The molecule has 0 atom stereocenters. The van der Waals surface area contributed by atoms with Crippen LogP contribution in [0.25, 0.3) is 22.2 Å². The summed E-state index contributed by atoms with van der Waals surface area (Å²) in [4.78, 5) is 16.9. The van der Waals surface area contributed by atoms with Gasteiger partial charge in [0.25, 0.3) is 0 Å². The van der Waals surface area contributed by atoms with Crippen LogP contribution in [0.3, 0.4) is 0 Å². The van der Waals surface area contributed by atoms with Crippen molar-refractivity contribution in [1.82, 2.24) is 15.5 Å². The molecule has 2 heterocycles. The Kier molecular flexibility index (Phi) is 5.45. The highest BCUT2D eigenvalue weighted by Crippen LogP contribution is 2.24. The molecule has 0 bridgehead atoms. The first kappa shape index (κ1) is 19.3. The van der Waals surface area contributed by atoms with Crippen LogP contribution in [0.4, 0.5) is 0 Å². The number of fused-ring (bicyclic) bond motifs is 1. The van der Waals surface area contributed by atoms with Crippen molar-refractivity contribution >= 4 is 28.2 Å². The highest BCUT2D eigenvalue weighted by atomic mass is 32.1. The average Bonchev–Trinajstić information content (AvgIpc) is 3.29. The van der Waals surface area contributed by atoms with Gasteiger partial charge in [0.05, 0.1) is 17.1 Å². The summed E-state index contributed by atoms with van der Waals surface area (Å²) in [6.45, 7) is 6.62. The molecule has 0 saturated carbocycles. The molecule has 1 N–H and O–H groups in total. The lowest BCUT2D eigenvalue weighted by Gasteiger charge is -2.05. The van der Waals surface area contributed by atoms with Gasteiger partial charge >= 0.3 is 0 Å². The number of rotatable bonds is 6. The molecule has 5 nitrogen and oxygen atoms in total. The van der Waals surface area contributed by atoms with E-state index >= 15 is 0 Å². The maximum absolute atomic E-state index is 12.4. The van der Waals surface area contributed by atoms with Gasteiger partial charge in [-0.2, -0.15) is 0 Å². The summed E-state index contributed by atoms with van der Waals surface area (Å²) in [5.41, 5.74) is 6.93. The summed E-state index contributed by atoms with van der Waals surface area (Å²) >= 11 is 1.65. The molecule has 0 unspecified atom stereocenters. The van der Waals surface area contributed by atoms with Gasteiger partial charge in [0, 0.05) is 22.9 Å². The standard InChI is InChI=1S/C23H23N3O2S/c1-14-10-15(2)23-19(11-14)20(26-28-23)12-22(27)24-9-8-17-4-6-18(7-5-17)21-13-29-16(3)25-21/h4-7,10-11,13H,8-9,12H2,1-3H3,(H,24,27). The number of nitrogens with one attached hydrogen (secondary N) is 1. The number of benzene rings is 2. The molecule has 0 aliphatic rings. The van der Waals surface area contributed by atoms with Crippen molar-refractivity contribution in [3.8, 4) is 11.3 Å². The van der Waals surface area contributed by atoms with E-state index in [-0.39, 0.29) is 12.3 Å². The lowest BCUT2D eigenvalue weighted by atomic mass is 10.1. The summed E-state index contributed by atoms with van der Waals surface area (Å²) in [5.74, 6) is -0.0473. The van der Waals surface area contributed by atoms with E-state index in [1.807, 2.05) is 26.8 Å². The van der Waals surface area contributed by atoms with E-state index in [1.165, 1.54) is 5.56 Å². The Hall–Kier alpha value is -2.99. The normalized spacial score (nSPS) is 11.1. The van der Waals surface area contributed by atoms with Gasteiger partial charge in [-0.25, -0.2) is 4.98 Å². The van der Waals surface area contributed by atoms with Crippen LogP contribution in [0.15, 0.2) is 46.3 Å². The lowest BCUT2D eigenvalue weighted by Crippen LogP contribution is -2.27. The van der Waals surface area contributed by atoms with Crippen molar-refractivity contribution in [2.24, 2.45) is 0 Å². The molecule has 0 aliphatic heterocycles. The van der Waals surface area contributed by atoms with Crippen LogP contribution >= 0.6 is 11.3 Å². The Labute approximate surface area is 173 Å². The Balaban J connectivity index is 1.32. The fourth-order valence-corrected chi connectivity index (χ4v) is 4.09. The molecule has 2 aromatic heterocycles. The van der Waals surface area contributed by atoms with Gasteiger partial charge in [-0.05, 0) is 49.9 Å². The molecule has 0 aliphatic carbocycles. The number of nitrogens with zero attached hydrogens (tertiary/aromatic N) is 2. The topological polar surface area (TPSA) is 68.0 Å². The van der Waals surface area contributed by atoms with Crippen molar-refractivity contribution in [2.75, 3.05) is 6.54 Å². The molecule has 2 aromatic carbocycles. The summed E-state index contributed by atoms with van der Waals surface area (Å²) in [6.07, 6.45) is 0.998. The van der Waals surface area contributed by atoms with Gasteiger partial charge in [0.1, 0.15) is 5.69 Å². The molecule has 29 heavy (non-hydrogen) atoms. The van der Waals surface area contributed by atoms with E-state index in [1.54, 1.807) is 11.3 Å². The summed E-state index contributed by atoms with van der Waals surface area (Å²) in [5, 5.41) is 11.1. The smallest absolute Gasteiger partial charge is 0.226 e. The van der Waals surface area contributed by atoms with Crippen LogP contribution < -0.4 is 5.32 Å². The van der Waals surface area contributed by atoms with E-state index in [9.17, 15) is 4.79 Å². The molecular formula is C23H23N3O2S. The van der Waals surface area contributed by atoms with E-state index in [2.05, 4.69) is 51.2 Å². The first-order valence-electron chi connectivity index (χ1n) is 9.63. The van der Waals surface area contributed by atoms with Crippen LogP contribution in [0.2, 0.25) is 0 Å². The highest BCUT2D eigenvalue weighted by Gasteiger charge is 2.14. The first-order chi connectivity index (χ1) is 14.0. The van der Waals surface area contributed by atoms with Crippen molar-refractivity contribution in [1.29, 1.82) is 0 Å². The Morgan fingerprint density at radius 2 is 1.93 bits per heavy atom. The van der Waals surface area contributed by atoms with Crippen LogP contribution in [0.1, 0.15) is 27.4 Å². The maximum Gasteiger partial charge on any atom is 0.226 e. The van der Waals surface area contributed by atoms with Crippen molar-refractivity contribution < 1.29 is 9.32 Å². The molecular weight excluding hydrogens is 382 g/mol. The number of hydrogen-bond acceptors (Lipinski definition) is 5. The van der Waals surface area contributed by atoms with Crippen LogP contribution in [0.5, 0.6) is 0 Å². The van der Waals surface area contributed by atoms with Crippen LogP contribution in [0, 0.1) is 20.8 Å². The molecule has 4 aromatic rings. The van der Waals surface area contributed by atoms with Gasteiger partial charge in [0.2, 0.25) is 5.91 Å². The van der Waals surface area contributed by atoms with Gasteiger partial charge in [0.15, 0.2) is 5.58 Å². The minimum Gasteiger partial charge on any atom is -0.356 e. The van der Waals surface area contributed by atoms with Crippen molar-refractivity contribution in [3.05, 3.63) is 69.2 Å². The number of hydrogen-bond donors (Lipinski definition) is 1. The quantitative estimate of drug-likeness (QED) is 0.501. The monoisotopic (exact) mass is 405 g/mol. The fraction of sp³-hybridized carbons (Fsp3) is 0.261. The molecule has 6 heteroatoms. The number of carbonyl (C=O) groups excluding carboxylic acids is 1.